The van der Waals surface area contributed by atoms with Crippen molar-refractivity contribution < 1.29 is 9.59 Å². The molecule has 3 rings (SSSR count). The summed E-state index contributed by atoms with van der Waals surface area (Å²) in [4.78, 5) is 29.1. The fourth-order valence-corrected chi connectivity index (χ4v) is 4.50. The summed E-state index contributed by atoms with van der Waals surface area (Å²) in [6.07, 6.45) is 9.84. The molecule has 0 bridgehead atoms. The summed E-state index contributed by atoms with van der Waals surface area (Å²) in [7, 11) is 0. The number of nitrogens with zero attached hydrogens (tertiary/aromatic N) is 2. The first-order valence-corrected chi connectivity index (χ1v) is 11.8. The zero-order valence-corrected chi connectivity index (χ0v) is 18.5. The largest absolute Gasteiger partial charge is 0.339 e. The number of anilines is 1. The van der Waals surface area contributed by atoms with Gasteiger partial charge in [0.05, 0.1) is 13.1 Å². The highest BCUT2D eigenvalue weighted by Gasteiger charge is 2.23. The molecule has 1 aromatic carbocycles. The van der Waals surface area contributed by atoms with Gasteiger partial charge in [0.1, 0.15) is 0 Å². The molecule has 6 heteroatoms. The number of nitrogens with one attached hydrogen (secondary N) is 2. The second-order valence-electron chi connectivity index (χ2n) is 8.64. The average molecular weight is 415 g/mol. The Morgan fingerprint density at radius 1 is 0.967 bits per heavy atom. The minimum atomic E-state index is 0.0154. The fourth-order valence-electron chi connectivity index (χ4n) is 4.50. The van der Waals surface area contributed by atoms with Crippen molar-refractivity contribution in [3.63, 3.8) is 0 Å². The van der Waals surface area contributed by atoms with Crippen molar-refractivity contribution in [2.45, 2.75) is 64.3 Å². The zero-order chi connectivity index (χ0) is 21.2. The van der Waals surface area contributed by atoms with E-state index < -0.39 is 0 Å². The molecule has 2 amide bonds. The summed E-state index contributed by atoms with van der Waals surface area (Å²) in [5, 5.41) is 6.54. The van der Waals surface area contributed by atoms with Crippen LogP contribution in [0.4, 0.5) is 5.69 Å². The molecule has 1 aliphatic carbocycles. The molecule has 1 heterocycles. The maximum Gasteiger partial charge on any atom is 0.238 e. The maximum absolute atomic E-state index is 12.6. The predicted octanol–water partition coefficient (Wildman–Crippen LogP) is 3.03. The van der Waals surface area contributed by atoms with Crippen LogP contribution in [0.5, 0.6) is 0 Å². The molecule has 166 valence electrons. The van der Waals surface area contributed by atoms with Gasteiger partial charge in [-0.15, -0.1) is 0 Å². The van der Waals surface area contributed by atoms with E-state index in [4.69, 9.17) is 0 Å². The van der Waals surface area contributed by atoms with E-state index in [-0.39, 0.29) is 11.8 Å². The van der Waals surface area contributed by atoms with Crippen molar-refractivity contribution in [1.82, 2.24) is 15.1 Å². The Balaban J connectivity index is 1.36. The van der Waals surface area contributed by atoms with Crippen molar-refractivity contribution >= 4 is 17.5 Å². The fraction of sp³-hybridized carbons (Fsp3) is 0.667. The van der Waals surface area contributed by atoms with Crippen LogP contribution in [0, 0.1) is 0 Å². The zero-order valence-electron chi connectivity index (χ0n) is 18.5. The van der Waals surface area contributed by atoms with Gasteiger partial charge in [0.15, 0.2) is 0 Å². The molecule has 0 radical (unpaired) electrons. The number of rotatable bonds is 7. The minimum Gasteiger partial charge on any atom is -0.339 e. The lowest BCUT2D eigenvalue weighted by Gasteiger charge is -2.34. The molecule has 2 fully saturated rings. The Bertz CT molecular complexity index is 678. The third kappa shape index (κ3) is 7.10. The number of hydrogen-bond acceptors (Lipinski definition) is 4. The lowest BCUT2D eigenvalue weighted by molar-refractivity contribution is -0.132. The van der Waals surface area contributed by atoms with Crippen LogP contribution >= 0.6 is 0 Å². The van der Waals surface area contributed by atoms with Crippen LogP contribution < -0.4 is 10.6 Å². The summed E-state index contributed by atoms with van der Waals surface area (Å²) < 4.78 is 0. The van der Waals surface area contributed by atoms with Gasteiger partial charge in [-0.25, -0.2) is 0 Å². The maximum atomic E-state index is 12.6. The molecule has 2 aliphatic rings. The van der Waals surface area contributed by atoms with Crippen molar-refractivity contribution in [3.05, 3.63) is 29.8 Å². The molecule has 1 aromatic rings. The van der Waals surface area contributed by atoms with Gasteiger partial charge in [0, 0.05) is 37.9 Å². The second-order valence-corrected chi connectivity index (χ2v) is 8.64. The monoisotopic (exact) mass is 414 g/mol. The van der Waals surface area contributed by atoms with Crippen LogP contribution in [-0.2, 0) is 16.0 Å². The molecule has 1 saturated carbocycles. The van der Waals surface area contributed by atoms with E-state index in [9.17, 15) is 9.59 Å². The molecule has 1 aliphatic heterocycles. The Labute approximate surface area is 181 Å². The van der Waals surface area contributed by atoms with E-state index in [1.165, 1.54) is 44.9 Å². The lowest BCUT2D eigenvalue weighted by atomic mass is 9.97. The van der Waals surface area contributed by atoms with E-state index >= 15 is 0 Å². The number of carbonyl (C=O) groups is 2. The van der Waals surface area contributed by atoms with Crippen LogP contribution in [0.2, 0.25) is 0 Å². The van der Waals surface area contributed by atoms with Crippen molar-refractivity contribution in [2.75, 3.05) is 44.6 Å². The van der Waals surface area contributed by atoms with Crippen LogP contribution in [0.1, 0.15) is 57.4 Å². The van der Waals surface area contributed by atoms with Gasteiger partial charge >= 0.3 is 0 Å². The Morgan fingerprint density at radius 3 is 2.33 bits per heavy atom. The highest BCUT2D eigenvalue weighted by Crippen LogP contribution is 2.17. The molecule has 2 N–H and O–H groups in total. The third-order valence-corrected chi connectivity index (χ3v) is 6.41. The predicted molar refractivity (Wildman–Crippen MR) is 122 cm³/mol. The molecule has 30 heavy (non-hydrogen) atoms. The molecule has 0 spiro atoms. The molecule has 6 nitrogen and oxygen atoms in total. The van der Waals surface area contributed by atoms with E-state index in [0.717, 1.165) is 30.8 Å². The van der Waals surface area contributed by atoms with E-state index in [1.807, 2.05) is 29.2 Å². The highest BCUT2D eigenvalue weighted by atomic mass is 16.2. The van der Waals surface area contributed by atoms with Gasteiger partial charge in [0.2, 0.25) is 11.8 Å². The molecule has 0 unspecified atom stereocenters. The number of amides is 2. The van der Waals surface area contributed by atoms with Gasteiger partial charge in [-0.05, 0) is 30.9 Å². The quantitative estimate of drug-likeness (QED) is 0.720. The normalized spacial score (nSPS) is 19.2. The van der Waals surface area contributed by atoms with Gasteiger partial charge in [-0.1, -0.05) is 57.2 Å². The van der Waals surface area contributed by atoms with Crippen LogP contribution in [0.25, 0.3) is 0 Å². The number of para-hydroxylation sites is 1. The highest BCUT2D eigenvalue weighted by molar-refractivity contribution is 5.93. The van der Waals surface area contributed by atoms with E-state index in [1.54, 1.807) is 0 Å². The summed E-state index contributed by atoms with van der Waals surface area (Å²) in [6.45, 7) is 5.80. The topological polar surface area (TPSA) is 64.7 Å². The molecule has 0 atom stereocenters. The third-order valence-electron chi connectivity index (χ3n) is 6.41. The van der Waals surface area contributed by atoms with E-state index in [0.29, 0.717) is 32.2 Å². The van der Waals surface area contributed by atoms with Gasteiger partial charge in [-0.2, -0.15) is 0 Å². The molecule has 0 aromatic heterocycles. The van der Waals surface area contributed by atoms with E-state index in [2.05, 4.69) is 22.5 Å². The summed E-state index contributed by atoms with van der Waals surface area (Å²) >= 11 is 0. The standard InChI is InChI=1S/C24H38N4O2/c1-2-20-10-8-9-13-22(20)26-23(29)19-27-14-16-28(17-15-27)24(30)18-25-21-11-6-4-3-5-7-12-21/h8-10,13,21,25H,2-7,11-12,14-19H2,1H3,(H,26,29). The molecular weight excluding hydrogens is 376 g/mol. The Hall–Kier alpha value is -1.92. The number of carbonyl (C=O) groups excluding carboxylic acids is 2. The number of piperazine rings is 1. The Morgan fingerprint density at radius 2 is 1.63 bits per heavy atom. The lowest BCUT2D eigenvalue weighted by Crippen LogP contribution is -2.52. The van der Waals surface area contributed by atoms with Gasteiger partial charge in [0.25, 0.3) is 0 Å². The van der Waals surface area contributed by atoms with Gasteiger partial charge < -0.3 is 15.5 Å². The first-order valence-electron chi connectivity index (χ1n) is 11.8. The van der Waals surface area contributed by atoms with Crippen molar-refractivity contribution in [3.8, 4) is 0 Å². The molecular formula is C24H38N4O2. The minimum absolute atomic E-state index is 0.0154. The first kappa shape index (κ1) is 22.8. The number of aryl methyl sites for hydroxylation is 1. The van der Waals surface area contributed by atoms with Crippen molar-refractivity contribution in [2.24, 2.45) is 0 Å². The average Bonchev–Trinajstić information content (AvgIpc) is 2.73. The number of benzene rings is 1. The summed E-state index contributed by atoms with van der Waals surface area (Å²) in [5.41, 5.74) is 2.05. The van der Waals surface area contributed by atoms with Crippen molar-refractivity contribution in [1.29, 1.82) is 0 Å². The van der Waals surface area contributed by atoms with Crippen LogP contribution in [0.15, 0.2) is 24.3 Å². The smallest absolute Gasteiger partial charge is 0.238 e. The van der Waals surface area contributed by atoms with Crippen LogP contribution in [0.3, 0.4) is 0 Å². The first-order chi connectivity index (χ1) is 14.7. The number of hydrogen-bond donors (Lipinski definition) is 2. The second kappa shape index (κ2) is 12.1. The van der Waals surface area contributed by atoms with Gasteiger partial charge in [-0.3, -0.25) is 14.5 Å². The van der Waals surface area contributed by atoms with Crippen LogP contribution in [-0.4, -0.2) is 66.9 Å². The Kier molecular flexibility index (Phi) is 9.15. The summed E-state index contributed by atoms with van der Waals surface area (Å²) in [6, 6.07) is 8.44. The summed E-state index contributed by atoms with van der Waals surface area (Å²) in [5.74, 6) is 0.208. The molecule has 1 saturated heterocycles. The SMILES string of the molecule is CCc1ccccc1NC(=O)CN1CCN(C(=O)CNC2CCCCCCC2)CC1.